The van der Waals surface area contributed by atoms with Crippen LogP contribution in [0.1, 0.15) is 19.4 Å². The van der Waals surface area contributed by atoms with E-state index in [2.05, 4.69) is 10.9 Å². The zero-order chi connectivity index (χ0) is 15.1. The van der Waals surface area contributed by atoms with E-state index >= 15 is 0 Å². The summed E-state index contributed by atoms with van der Waals surface area (Å²) in [5.74, 6) is -2.21. The molecule has 0 radical (unpaired) electrons. The summed E-state index contributed by atoms with van der Waals surface area (Å²) < 4.78 is 0. The Bertz CT molecular complexity index is 448. The topological polar surface area (TPSA) is 98.7 Å². The van der Waals surface area contributed by atoms with E-state index < -0.39 is 24.0 Å². The van der Waals surface area contributed by atoms with Gasteiger partial charge in [0.2, 0.25) is 0 Å². The van der Waals surface area contributed by atoms with Crippen LogP contribution in [0.5, 0.6) is 0 Å². The van der Waals surface area contributed by atoms with Crippen LogP contribution in [0.15, 0.2) is 30.3 Å². The van der Waals surface area contributed by atoms with Gasteiger partial charge in [-0.05, 0) is 17.9 Å². The number of carboxylic acid groups (broad SMARTS) is 2. The van der Waals surface area contributed by atoms with E-state index in [0.29, 0.717) is 0 Å². The molecule has 6 nitrogen and oxygen atoms in total. The number of rotatable bonds is 8. The van der Waals surface area contributed by atoms with Gasteiger partial charge >= 0.3 is 11.9 Å². The fourth-order valence-corrected chi connectivity index (χ4v) is 1.75. The molecule has 0 aliphatic heterocycles. The van der Waals surface area contributed by atoms with Crippen molar-refractivity contribution in [1.29, 1.82) is 0 Å². The third-order valence-corrected chi connectivity index (χ3v) is 2.93. The maximum absolute atomic E-state index is 11.2. The van der Waals surface area contributed by atoms with Crippen LogP contribution in [-0.2, 0) is 16.0 Å². The molecule has 0 spiro atoms. The third kappa shape index (κ3) is 4.99. The van der Waals surface area contributed by atoms with Crippen molar-refractivity contribution >= 4 is 11.9 Å². The highest BCUT2D eigenvalue weighted by Crippen LogP contribution is 2.04. The second kappa shape index (κ2) is 7.62. The molecule has 0 fully saturated rings. The SMILES string of the molecule is CC(C)[C@H](NN[C@@H](Cc1ccccc1)C(=O)O)C(=O)O. The van der Waals surface area contributed by atoms with Crippen molar-refractivity contribution in [3.8, 4) is 0 Å². The molecule has 110 valence electrons. The van der Waals surface area contributed by atoms with Gasteiger partial charge in [-0.1, -0.05) is 44.2 Å². The summed E-state index contributed by atoms with van der Waals surface area (Å²) in [4.78, 5) is 22.2. The number of carboxylic acids is 2. The fourth-order valence-electron chi connectivity index (χ4n) is 1.75. The first-order valence-electron chi connectivity index (χ1n) is 6.42. The monoisotopic (exact) mass is 280 g/mol. The molecule has 0 aromatic heterocycles. The number of hydrazine groups is 1. The van der Waals surface area contributed by atoms with Gasteiger partial charge in [0.15, 0.2) is 0 Å². The Morgan fingerprint density at radius 1 is 1.05 bits per heavy atom. The summed E-state index contributed by atoms with van der Waals surface area (Å²) in [6.45, 7) is 3.50. The Kier molecular flexibility index (Phi) is 6.14. The van der Waals surface area contributed by atoms with Crippen molar-refractivity contribution in [1.82, 2.24) is 10.9 Å². The van der Waals surface area contributed by atoms with Gasteiger partial charge in [0.1, 0.15) is 12.1 Å². The maximum atomic E-state index is 11.2. The molecule has 0 amide bonds. The van der Waals surface area contributed by atoms with Crippen LogP contribution in [0.3, 0.4) is 0 Å². The van der Waals surface area contributed by atoms with Gasteiger partial charge in [0.25, 0.3) is 0 Å². The first-order valence-corrected chi connectivity index (χ1v) is 6.42. The Morgan fingerprint density at radius 3 is 2.10 bits per heavy atom. The van der Waals surface area contributed by atoms with Crippen LogP contribution >= 0.6 is 0 Å². The van der Waals surface area contributed by atoms with Crippen LogP contribution in [0.25, 0.3) is 0 Å². The van der Waals surface area contributed by atoms with E-state index in [0.717, 1.165) is 5.56 Å². The molecule has 6 heteroatoms. The van der Waals surface area contributed by atoms with Gasteiger partial charge in [-0.25, -0.2) is 10.9 Å². The van der Waals surface area contributed by atoms with Crippen LogP contribution in [0, 0.1) is 5.92 Å². The molecule has 0 heterocycles. The van der Waals surface area contributed by atoms with Crippen molar-refractivity contribution < 1.29 is 19.8 Å². The number of benzene rings is 1. The predicted octanol–water partition coefficient (Wildman–Crippen LogP) is 0.886. The summed E-state index contributed by atoms with van der Waals surface area (Å²) in [7, 11) is 0. The molecule has 0 saturated heterocycles. The zero-order valence-corrected chi connectivity index (χ0v) is 11.5. The minimum atomic E-state index is -1.03. The van der Waals surface area contributed by atoms with Gasteiger partial charge in [-0.3, -0.25) is 9.59 Å². The van der Waals surface area contributed by atoms with Gasteiger partial charge in [-0.2, -0.15) is 0 Å². The zero-order valence-electron chi connectivity index (χ0n) is 11.5. The second-order valence-corrected chi connectivity index (χ2v) is 4.93. The molecule has 4 N–H and O–H groups in total. The predicted molar refractivity (Wildman–Crippen MR) is 74.1 cm³/mol. The van der Waals surface area contributed by atoms with Crippen molar-refractivity contribution in [2.75, 3.05) is 0 Å². The lowest BCUT2D eigenvalue weighted by atomic mass is 10.1. The Labute approximate surface area is 117 Å². The minimum Gasteiger partial charge on any atom is -0.480 e. The fraction of sp³-hybridized carbons (Fsp3) is 0.429. The Hall–Kier alpha value is -1.92. The maximum Gasteiger partial charge on any atom is 0.322 e. The van der Waals surface area contributed by atoms with E-state index in [1.807, 2.05) is 30.3 Å². The highest BCUT2D eigenvalue weighted by Gasteiger charge is 2.24. The molecule has 1 aromatic carbocycles. The summed E-state index contributed by atoms with van der Waals surface area (Å²) >= 11 is 0. The minimum absolute atomic E-state index is 0.161. The van der Waals surface area contributed by atoms with Crippen molar-refractivity contribution in [3.63, 3.8) is 0 Å². The van der Waals surface area contributed by atoms with Crippen LogP contribution in [0.4, 0.5) is 0 Å². The Morgan fingerprint density at radius 2 is 1.65 bits per heavy atom. The normalized spacial score (nSPS) is 13.9. The van der Waals surface area contributed by atoms with Gasteiger partial charge < -0.3 is 10.2 Å². The lowest BCUT2D eigenvalue weighted by Crippen LogP contribution is -2.54. The molecule has 2 atom stereocenters. The van der Waals surface area contributed by atoms with Gasteiger partial charge in [0.05, 0.1) is 0 Å². The van der Waals surface area contributed by atoms with E-state index in [-0.39, 0.29) is 12.3 Å². The molecule has 0 aliphatic carbocycles. The Balaban J connectivity index is 2.64. The third-order valence-electron chi connectivity index (χ3n) is 2.93. The van der Waals surface area contributed by atoms with Crippen LogP contribution in [0.2, 0.25) is 0 Å². The first-order chi connectivity index (χ1) is 9.41. The first kappa shape index (κ1) is 16.1. The number of nitrogens with one attached hydrogen (secondary N) is 2. The molecule has 1 rings (SSSR count). The van der Waals surface area contributed by atoms with Crippen LogP contribution < -0.4 is 10.9 Å². The molecule has 0 bridgehead atoms. The summed E-state index contributed by atoms with van der Waals surface area (Å²) in [5, 5.41) is 18.2. The summed E-state index contributed by atoms with van der Waals surface area (Å²) in [5.41, 5.74) is 6.06. The number of hydrogen-bond donors (Lipinski definition) is 4. The molecular weight excluding hydrogens is 260 g/mol. The van der Waals surface area contributed by atoms with Gasteiger partial charge in [-0.15, -0.1) is 0 Å². The molecule has 1 aromatic rings. The van der Waals surface area contributed by atoms with E-state index in [1.165, 1.54) is 0 Å². The number of aliphatic carboxylic acids is 2. The molecule has 0 aliphatic rings. The number of hydrogen-bond acceptors (Lipinski definition) is 4. The molecular formula is C14H20N2O4. The van der Waals surface area contributed by atoms with Crippen molar-refractivity contribution in [2.24, 2.45) is 5.92 Å². The lowest BCUT2D eigenvalue weighted by Gasteiger charge is -2.22. The van der Waals surface area contributed by atoms with E-state index in [4.69, 9.17) is 5.11 Å². The number of carbonyl (C=O) groups is 2. The second-order valence-electron chi connectivity index (χ2n) is 4.93. The average Bonchev–Trinajstić information content (AvgIpc) is 2.37. The van der Waals surface area contributed by atoms with E-state index in [1.54, 1.807) is 13.8 Å². The lowest BCUT2D eigenvalue weighted by molar-refractivity contribution is -0.143. The smallest absolute Gasteiger partial charge is 0.322 e. The van der Waals surface area contributed by atoms with Crippen LogP contribution in [-0.4, -0.2) is 34.2 Å². The molecule has 20 heavy (non-hydrogen) atoms. The summed E-state index contributed by atoms with van der Waals surface area (Å²) in [6.07, 6.45) is 0.271. The van der Waals surface area contributed by atoms with E-state index in [9.17, 15) is 14.7 Å². The highest BCUT2D eigenvalue weighted by molar-refractivity contribution is 5.75. The average molecular weight is 280 g/mol. The molecule has 0 saturated carbocycles. The van der Waals surface area contributed by atoms with Crippen molar-refractivity contribution in [2.45, 2.75) is 32.4 Å². The quantitative estimate of drug-likeness (QED) is 0.528. The van der Waals surface area contributed by atoms with Gasteiger partial charge in [0, 0.05) is 0 Å². The molecule has 0 unspecified atom stereocenters. The largest absolute Gasteiger partial charge is 0.480 e. The highest BCUT2D eigenvalue weighted by atomic mass is 16.4. The summed E-state index contributed by atoms with van der Waals surface area (Å²) in [6, 6.07) is 7.44. The van der Waals surface area contributed by atoms with Crippen molar-refractivity contribution in [3.05, 3.63) is 35.9 Å². The standard InChI is InChI=1S/C14H20N2O4/c1-9(2)12(14(19)20)16-15-11(13(17)18)8-10-6-4-3-5-7-10/h3-7,9,11-12,15-16H,8H2,1-2H3,(H,17,18)(H,19,20)/t11-,12-/m0/s1.